The van der Waals surface area contributed by atoms with Gasteiger partial charge >= 0.3 is 0 Å². The third-order valence-corrected chi connectivity index (χ3v) is 6.97. The second-order valence-electron chi connectivity index (χ2n) is 7.77. The van der Waals surface area contributed by atoms with Crippen LogP contribution in [0.4, 0.5) is 0 Å². The maximum absolute atomic E-state index is 4.92. The van der Waals surface area contributed by atoms with Crippen LogP contribution in [0.1, 0.15) is 0 Å². The predicted octanol–water partition coefficient (Wildman–Crippen LogP) is 8.54. The molecule has 0 saturated carbocycles. The number of thiol groups is 2. The topological polar surface area (TPSA) is 0 Å². The SMILES string of the molecule is Sc1cc2cc3ccccc3cc2c(-c2cccc3cc4ccccc4cc23)c1S. The highest BCUT2D eigenvalue weighted by atomic mass is 32.1. The maximum Gasteiger partial charge on any atom is 0.0259 e. The molecule has 0 spiro atoms. The van der Waals surface area contributed by atoms with Gasteiger partial charge in [-0.1, -0.05) is 66.7 Å². The zero-order chi connectivity index (χ0) is 20.2. The van der Waals surface area contributed by atoms with Crippen LogP contribution in [0.15, 0.2) is 107 Å². The molecular weight excluding hydrogens is 400 g/mol. The zero-order valence-corrected chi connectivity index (χ0v) is 17.9. The molecule has 0 heterocycles. The van der Waals surface area contributed by atoms with Gasteiger partial charge in [0.2, 0.25) is 0 Å². The van der Waals surface area contributed by atoms with E-state index in [2.05, 4.69) is 97.1 Å². The van der Waals surface area contributed by atoms with Crippen molar-refractivity contribution in [3.05, 3.63) is 97.1 Å². The number of benzene rings is 6. The Labute approximate surface area is 186 Å². The minimum Gasteiger partial charge on any atom is -0.142 e. The Morgan fingerprint density at radius 2 is 0.967 bits per heavy atom. The van der Waals surface area contributed by atoms with Gasteiger partial charge in [0.25, 0.3) is 0 Å². The minimum absolute atomic E-state index is 0.897. The van der Waals surface area contributed by atoms with Gasteiger partial charge < -0.3 is 0 Å². The van der Waals surface area contributed by atoms with E-state index in [1.54, 1.807) is 0 Å². The van der Waals surface area contributed by atoms with E-state index in [0.717, 1.165) is 15.4 Å². The summed E-state index contributed by atoms with van der Waals surface area (Å²) in [6, 6.07) is 34.8. The summed E-state index contributed by atoms with van der Waals surface area (Å²) in [6.45, 7) is 0. The van der Waals surface area contributed by atoms with Gasteiger partial charge in [-0.05, 0) is 79.0 Å². The van der Waals surface area contributed by atoms with Gasteiger partial charge in [-0.15, -0.1) is 25.3 Å². The Kier molecular flexibility index (Phi) is 4.05. The molecule has 0 unspecified atom stereocenters. The minimum atomic E-state index is 0.897. The summed E-state index contributed by atoms with van der Waals surface area (Å²) in [5.74, 6) is 0. The lowest BCUT2D eigenvalue weighted by Crippen LogP contribution is -1.89. The van der Waals surface area contributed by atoms with Gasteiger partial charge in [-0.3, -0.25) is 0 Å². The smallest absolute Gasteiger partial charge is 0.0259 e. The molecule has 30 heavy (non-hydrogen) atoms. The summed E-state index contributed by atoms with van der Waals surface area (Å²) in [5.41, 5.74) is 2.34. The lowest BCUT2D eigenvalue weighted by Gasteiger charge is -2.16. The molecule has 2 heteroatoms. The second kappa shape index (κ2) is 6.80. The first kappa shape index (κ1) is 17.9. The summed E-state index contributed by atoms with van der Waals surface area (Å²) in [6.07, 6.45) is 0. The Bertz CT molecular complexity index is 1610. The van der Waals surface area contributed by atoms with Crippen molar-refractivity contribution in [2.24, 2.45) is 0 Å². The quantitative estimate of drug-likeness (QED) is 0.194. The molecule has 142 valence electrons. The second-order valence-corrected chi connectivity index (χ2v) is 8.69. The van der Waals surface area contributed by atoms with Crippen LogP contribution < -0.4 is 0 Å². The molecule has 6 rings (SSSR count). The number of hydrogen-bond donors (Lipinski definition) is 2. The molecule has 6 aromatic rings. The van der Waals surface area contributed by atoms with E-state index in [1.807, 2.05) is 0 Å². The molecule has 0 fully saturated rings. The van der Waals surface area contributed by atoms with Crippen molar-refractivity contribution in [3.8, 4) is 11.1 Å². The molecule has 6 aromatic carbocycles. The maximum atomic E-state index is 4.92. The fourth-order valence-corrected chi connectivity index (χ4v) is 5.08. The van der Waals surface area contributed by atoms with Crippen molar-refractivity contribution in [3.63, 3.8) is 0 Å². The number of rotatable bonds is 1. The fraction of sp³-hybridized carbons (Fsp3) is 0. The van der Waals surface area contributed by atoms with Gasteiger partial charge in [-0.2, -0.15) is 0 Å². The summed E-state index contributed by atoms with van der Waals surface area (Å²) >= 11 is 9.68. The Morgan fingerprint density at radius 1 is 0.433 bits per heavy atom. The molecular formula is C28H18S2. The standard InChI is InChI=1S/C28H18S2/c29-26-16-22-13-18-7-2-4-9-20(18)15-25(22)27(28(26)30)23-11-5-10-21-12-17-6-1-3-8-19(17)14-24(21)23/h1-16,29-30H. The van der Waals surface area contributed by atoms with Gasteiger partial charge in [-0.25, -0.2) is 0 Å². The Morgan fingerprint density at radius 3 is 1.63 bits per heavy atom. The molecule has 0 saturated heterocycles. The molecule has 0 bridgehead atoms. The first-order valence-electron chi connectivity index (χ1n) is 9.98. The average molecular weight is 419 g/mol. The van der Waals surface area contributed by atoms with Gasteiger partial charge in [0.1, 0.15) is 0 Å². The highest BCUT2D eigenvalue weighted by Gasteiger charge is 2.15. The number of fused-ring (bicyclic) bond motifs is 4. The molecule has 0 aromatic heterocycles. The van der Waals surface area contributed by atoms with Crippen molar-refractivity contribution < 1.29 is 0 Å². The van der Waals surface area contributed by atoms with E-state index in [1.165, 1.54) is 48.7 Å². The van der Waals surface area contributed by atoms with Crippen LogP contribution in [0.25, 0.3) is 54.2 Å². The van der Waals surface area contributed by atoms with Gasteiger partial charge in [0, 0.05) is 15.4 Å². The molecule has 0 N–H and O–H groups in total. The van der Waals surface area contributed by atoms with Gasteiger partial charge in [0.05, 0.1) is 0 Å². The van der Waals surface area contributed by atoms with Crippen LogP contribution in [0.2, 0.25) is 0 Å². The predicted molar refractivity (Wildman–Crippen MR) is 136 cm³/mol. The van der Waals surface area contributed by atoms with Crippen molar-refractivity contribution in [1.29, 1.82) is 0 Å². The molecule has 0 amide bonds. The molecule has 0 atom stereocenters. The lowest BCUT2D eigenvalue weighted by molar-refractivity contribution is 1.30. The fourth-order valence-electron chi connectivity index (χ4n) is 4.52. The number of hydrogen-bond acceptors (Lipinski definition) is 2. The zero-order valence-electron chi connectivity index (χ0n) is 16.1. The van der Waals surface area contributed by atoms with Crippen molar-refractivity contribution in [2.45, 2.75) is 9.79 Å². The van der Waals surface area contributed by atoms with E-state index < -0.39 is 0 Å². The monoisotopic (exact) mass is 418 g/mol. The van der Waals surface area contributed by atoms with Crippen LogP contribution in [0, 0.1) is 0 Å². The molecule has 0 aliphatic rings. The Hall–Kier alpha value is -2.94. The van der Waals surface area contributed by atoms with E-state index in [0.29, 0.717) is 0 Å². The lowest BCUT2D eigenvalue weighted by atomic mass is 9.91. The normalized spacial score (nSPS) is 11.7. The van der Waals surface area contributed by atoms with Crippen molar-refractivity contribution >= 4 is 68.3 Å². The molecule has 0 aliphatic carbocycles. The van der Waals surface area contributed by atoms with Crippen LogP contribution in [-0.2, 0) is 0 Å². The van der Waals surface area contributed by atoms with Gasteiger partial charge in [0.15, 0.2) is 0 Å². The van der Waals surface area contributed by atoms with Crippen LogP contribution >= 0.6 is 25.3 Å². The van der Waals surface area contributed by atoms with E-state index in [-0.39, 0.29) is 0 Å². The van der Waals surface area contributed by atoms with Crippen LogP contribution in [-0.4, -0.2) is 0 Å². The molecule has 0 aliphatic heterocycles. The van der Waals surface area contributed by atoms with Crippen molar-refractivity contribution in [2.75, 3.05) is 0 Å². The van der Waals surface area contributed by atoms with E-state index in [4.69, 9.17) is 25.3 Å². The molecule has 0 nitrogen and oxygen atoms in total. The van der Waals surface area contributed by atoms with Crippen LogP contribution in [0.3, 0.4) is 0 Å². The average Bonchev–Trinajstić information content (AvgIpc) is 2.77. The van der Waals surface area contributed by atoms with E-state index in [9.17, 15) is 0 Å². The largest absolute Gasteiger partial charge is 0.142 e. The summed E-state index contributed by atoms with van der Waals surface area (Å²) in [7, 11) is 0. The third-order valence-electron chi connectivity index (χ3n) is 5.97. The highest BCUT2D eigenvalue weighted by molar-refractivity contribution is 7.83. The third kappa shape index (κ3) is 2.72. The Balaban J connectivity index is 1.78. The van der Waals surface area contributed by atoms with Crippen molar-refractivity contribution in [1.82, 2.24) is 0 Å². The first-order chi connectivity index (χ1) is 14.7. The highest BCUT2D eigenvalue weighted by Crippen LogP contribution is 2.42. The summed E-state index contributed by atoms with van der Waals surface area (Å²) in [5, 5.41) is 9.83. The molecule has 0 radical (unpaired) electrons. The van der Waals surface area contributed by atoms with E-state index >= 15 is 0 Å². The first-order valence-corrected chi connectivity index (χ1v) is 10.9. The summed E-state index contributed by atoms with van der Waals surface area (Å²) < 4.78 is 0. The van der Waals surface area contributed by atoms with Crippen LogP contribution in [0.5, 0.6) is 0 Å². The summed E-state index contributed by atoms with van der Waals surface area (Å²) in [4.78, 5) is 1.82.